The lowest BCUT2D eigenvalue weighted by molar-refractivity contribution is 0.00578. The molecule has 22 heavy (non-hydrogen) atoms. The minimum Gasteiger partial charge on any atom is -0.403 e. The summed E-state index contributed by atoms with van der Waals surface area (Å²) < 4.78 is 12.4. The summed E-state index contributed by atoms with van der Waals surface area (Å²) in [4.78, 5) is 5.01. The first-order chi connectivity index (χ1) is 10.3. The Hall–Kier alpha value is -0.135. The molecular formula is C16H32BN3O2. The highest BCUT2D eigenvalue weighted by Gasteiger charge is 2.54. The number of rotatable bonds is 2. The van der Waals surface area contributed by atoms with E-state index in [1.165, 1.54) is 39.0 Å². The first-order valence-electron chi connectivity index (χ1n) is 8.80. The molecule has 1 N–H and O–H groups in total. The fourth-order valence-electron chi connectivity index (χ4n) is 3.62. The molecule has 3 aliphatic rings. The van der Waals surface area contributed by atoms with Crippen molar-refractivity contribution in [2.75, 3.05) is 39.8 Å². The maximum absolute atomic E-state index is 6.22. The molecule has 0 aromatic rings. The van der Waals surface area contributed by atoms with Gasteiger partial charge in [-0.25, -0.2) is 0 Å². The summed E-state index contributed by atoms with van der Waals surface area (Å²) in [6.07, 6.45) is 2.91. The normalized spacial score (nSPS) is 36.7. The summed E-state index contributed by atoms with van der Waals surface area (Å²) in [5.74, 6) is 0.463. The van der Waals surface area contributed by atoms with Crippen LogP contribution in [0.4, 0.5) is 0 Å². The van der Waals surface area contributed by atoms with E-state index in [9.17, 15) is 0 Å². The Balaban J connectivity index is 1.50. The highest BCUT2D eigenvalue weighted by Crippen LogP contribution is 2.41. The third-order valence-corrected chi connectivity index (χ3v) is 6.06. The Morgan fingerprint density at radius 2 is 1.55 bits per heavy atom. The summed E-state index contributed by atoms with van der Waals surface area (Å²) >= 11 is 0. The van der Waals surface area contributed by atoms with Gasteiger partial charge >= 0.3 is 7.12 Å². The predicted octanol–water partition coefficient (Wildman–Crippen LogP) is 1.41. The van der Waals surface area contributed by atoms with Crippen molar-refractivity contribution in [1.82, 2.24) is 15.1 Å². The van der Waals surface area contributed by atoms with E-state index in [1.54, 1.807) is 0 Å². The quantitative estimate of drug-likeness (QED) is 0.781. The smallest absolute Gasteiger partial charge is 0.403 e. The van der Waals surface area contributed by atoms with E-state index in [-0.39, 0.29) is 18.3 Å². The molecule has 0 bridgehead atoms. The van der Waals surface area contributed by atoms with E-state index in [0.29, 0.717) is 12.0 Å². The average Bonchev–Trinajstić information content (AvgIpc) is 2.68. The van der Waals surface area contributed by atoms with Crippen molar-refractivity contribution in [3.8, 4) is 0 Å². The number of nitrogens with one attached hydrogen (secondary N) is 1. The Bertz CT molecular complexity index is 373. The Morgan fingerprint density at radius 3 is 2.05 bits per heavy atom. The molecule has 0 radical (unpaired) electrons. The number of piperidine rings is 1. The second kappa shape index (κ2) is 6.06. The fourth-order valence-corrected chi connectivity index (χ4v) is 3.62. The molecule has 0 aliphatic carbocycles. The van der Waals surface area contributed by atoms with Gasteiger partial charge in [-0.3, -0.25) is 4.90 Å². The van der Waals surface area contributed by atoms with Gasteiger partial charge < -0.3 is 19.5 Å². The Morgan fingerprint density at radius 1 is 0.955 bits per heavy atom. The molecule has 3 aliphatic heterocycles. The van der Waals surface area contributed by atoms with E-state index < -0.39 is 0 Å². The van der Waals surface area contributed by atoms with Crippen molar-refractivity contribution in [1.29, 1.82) is 0 Å². The molecule has 5 nitrogen and oxygen atoms in total. The van der Waals surface area contributed by atoms with Gasteiger partial charge in [0, 0.05) is 32.0 Å². The van der Waals surface area contributed by atoms with Crippen LogP contribution in [0.2, 0.25) is 5.82 Å². The van der Waals surface area contributed by atoms with Gasteiger partial charge in [-0.1, -0.05) is 0 Å². The van der Waals surface area contributed by atoms with Crippen LogP contribution in [0.25, 0.3) is 0 Å². The van der Waals surface area contributed by atoms with Crippen LogP contribution in [-0.2, 0) is 9.31 Å². The van der Waals surface area contributed by atoms with E-state index in [4.69, 9.17) is 9.31 Å². The van der Waals surface area contributed by atoms with Gasteiger partial charge in [-0.15, -0.1) is 0 Å². The van der Waals surface area contributed by atoms with Gasteiger partial charge in [-0.05, 0) is 54.1 Å². The van der Waals surface area contributed by atoms with E-state index in [0.717, 1.165) is 6.54 Å². The summed E-state index contributed by atoms with van der Waals surface area (Å²) in [5, 5.41) is 3.73. The molecule has 0 spiro atoms. The third kappa shape index (κ3) is 3.22. The number of likely N-dealkylation sites (N-methyl/N-ethyl adjacent to an activating group) is 1. The molecule has 2 unspecified atom stereocenters. The SMILES string of the molecule is CN1CCN(C2CCC(B3OC(C)(C)C(C)(C)O3)CN2)CC1. The molecule has 3 saturated heterocycles. The summed E-state index contributed by atoms with van der Waals surface area (Å²) in [5.41, 5.74) is -0.433. The summed E-state index contributed by atoms with van der Waals surface area (Å²) in [7, 11) is 2.14. The lowest BCUT2D eigenvalue weighted by atomic mass is 9.67. The Labute approximate surface area is 135 Å². The predicted molar refractivity (Wildman–Crippen MR) is 89.9 cm³/mol. The molecule has 3 heterocycles. The van der Waals surface area contributed by atoms with E-state index in [2.05, 4.69) is 49.9 Å². The number of hydrogen-bond acceptors (Lipinski definition) is 5. The zero-order chi connectivity index (χ0) is 16.0. The third-order valence-electron chi connectivity index (χ3n) is 6.06. The van der Waals surface area contributed by atoms with Crippen LogP contribution in [0.1, 0.15) is 40.5 Å². The van der Waals surface area contributed by atoms with E-state index in [1.807, 2.05) is 0 Å². The summed E-state index contributed by atoms with van der Waals surface area (Å²) in [6, 6.07) is 0. The molecule has 0 amide bonds. The van der Waals surface area contributed by atoms with Crippen molar-refractivity contribution < 1.29 is 9.31 Å². The zero-order valence-corrected chi connectivity index (χ0v) is 14.9. The number of nitrogens with zero attached hydrogens (tertiary/aromatic N) is 2. The molecule has 3 fully saturated rings. The maximum Gasteiger partial charge on any atom is 0.462 e. The monoisotopic (exact) mass is 309 g/mol. The Kier molecular flexibility index (Phi) is 4.60. The zero-order valence-electron chi connectivity index (χ0n) is 14.9. The minimum absolute atomic E-state index is 0.0639. The van der Waals surface area contributed by atoms with Crippen molar-refractivity contribution >= 4 is 7.12 Å². The van der Waals surface area contributed by atoms with Gasteiger partial charge in [0.25, 0.3) is 0 Å². The van der Waals surface area contributed by atoms with Crippen molar-refractivity contribution in [3.05, 3.63) is 0 Å². The standard InChI is InChI=1S/C16H32BN3O2/c1-15(2)16(3,4)22-17(21-15)13-6-7-14(18-12-13)20-10-8-19(5)9-11-20/h13-14,18H,6-12H2,1-5H3. The van der Waals surface area contributed by atoms with Crippen LogP contribution < -0.4 is 5.32 Å². The first-order valence-corrected chi connectivity index (χ1v) is 8.80. The fraction of sp³-hybridized carbons (Fsp3) is 1.00. The summed E-state index contributed by atoms with van der Waals surface area (Å²) in [6.45, 7) is 14.2. The van der Waals surface area contributed by atoms with Gasteiger partial charge in [0.15, 0.2) is 0 Å². The minimum atomic E-state index is -0.216. The molecular weight excluding hydrogens is 277 g/mol. The van der Waals surface area contributed by atoms with Crippen LogP contribution >= 0.6 is 0 Å². The van der Waals surface area contributed by atoms with Gasteiger partial charge in [-0.2, -0.15) is 0 Å². The highest BCUT2D eigenvalue weighted by atomic mass is 16.7. The second-order valence-corrected chi connectivity index (χ2v) is 8.23. The number of hydrogen-bond donors (Lipinski definition) is 1. The lowest BCUT2D eigenvalue weighted by Gasteiger charge is -2.41. The van der Waals surface area contributed by atoms with Crippen LogP contribution in [0, 0.1) is 0 Å². The molecule has 0 aromatic heterocycles. The maximum atomic E-state index is 6.22. The average molecular weight is 309 g/mol. The first kappa shape index (κ1) is 16.7. The van der Waals surface area contributed by atoms with Gasteiger partial charge in [0.1, 0.15) is 0 Å². The van der Waals surface area contributed by atoms with Crippen LogP contribution in [0.5, 0.6) is 0 Å². The van der Waals surface area contributed by atoms with Gasteiger partial charge in [0.05, 0.1) is 17.4 Å². The molecule has 3 rings (SSSR count). The molecule has 0 saturated carbocycles. The number of piperazine rings is 1. The molecule has 6 heteroatoms. The van der Waals surface area contributed by atoms with Crippen molar-refractivity contribution in [2.45, 2.75) is 63.7 Å². The van der Waals surface area contributed by atoms with Crippen molar-refractivity contribution in [2.24, 2.45) is 0 Å². The lowest BCUT2D eigenvalue weighted by Crippen LogP contribution is -2.56. The highest BCUT2D eigenvalue weighted by molar-refractivity contribution is 6.47. The van der Waals surface area contributed by atoms with Crippen molar-refractivity contribution in [3.63, 3.8) is 0 Å². The van der Waals surface area contributed by atoms with Crippen LogP contribution in [0.3, 0.4) is 0 Å². The molecule has 126 valence electrons. The van der Waals surface area contributed by atoms with Crippen LogP contribution in [0.15, 0.2) is 0 Å². The second-order valence-electron chi connectivity index (χ2n) is 8.23. The topological polar surface area (TPSA) is 37.0 Å². The van der Waals surface area contributed by atoms with E-state index >= 15 is 0 Å². The molecule has 2 atom stereocenters. The largest absolute Gasteiger partial charge is 0.462 e. The molecule has 0 aromatic carbocycles. The van der Waals surface area contributed by atoms with Gasteiger partial charge in [0.2, 0.25) is 0 Å². The van der Waals surface area contributed by atoms with Crippen LogP contribution in [-0.4, -0.2) is 74.1 Å².